The Morgan fingerprint density at radius 2 is 2.00 bits per heavy atom. The summed E-state index contributed by atoms with van der Waals surface area (Å²) in [6.07, 6.45) is 7.51. The van der Waals surface area contributed by atoms with Crippen LogP contribution in [0.4, 0.5) is 10.1 Å². The number of halogens is 2. The van der Waals surface area contributed by atoms with E-state index in [1.165, 1.54) is 38.2 Å². The lowest BCUT2D eigenvalue weighted by Crippen LogP contribution is -2.43. The number of benzene rings is 1. The molecule has 2 fully saturated rings. The summed E-state index contributed by atoms with van der Waals surface area (Å²) in [6.45, 7) is 1.14. The molecule has 1 aromatic rings. The molecule has 0 aromatic heterocycles. The van der Waals surface area contributed by atoms with Gasteiger partial charge in [-0.2, -0.15) is 0 Å². The topological polar surface area (TPSA) is 24.1 Å². The smallest absolute Gasteiger partial charge is 0.147 e. The number of nitrogens with one attached hydrogen (secondary N) is 2. The van der Waals surface area contributed by atoms with Crippen molar-refractivity contribution < 1.29 is 4.39 Å². The molecule has 1 aliphatic heterocycles. The van der Waals surface area contributed by atoms with Gasteiger partial charge < -0.3 is 10.6 Å². The van der Waals surface area contributed by atoms with E-state index in [9.17, 15) is 4.39 Å². The second kappa shape index (κ2) is 6.44. The lowest BCUT2D eigenvalue weighted by Gasteiger charge is -2.36. The van der Waals surface area contributed by atoms with E-state index >= 15 is 0 Å². The molecule has 1 aromatic carbocycles. The summed E-state index contributed by atoms with van der Waals surface area (Å²) >= 11 is 3.31. The van der Waals surface area contributed by atoms with Gasteiger partial charge >= 0.3 is 0 Å². The Kier molecular flexibility index (Phi) is 4.61. The van der Waals surface area contributed by atoms with Crippen molar-refractivity contribution in [3.8, 4) is 0 Å². The van der Waals surface area contributed by atoms with Gasteiger partial charge in [0.05, 0.1) is 5.69 Å². The summed E-state index contributed by atoms with van der Waals surface area (Å²) < 4.78 is 14.8. The molecule has 3 atom stereocenters. The molecule has 110 valence electrons. The minimum absolute atomic E-state index is 0.164. The number of rotatable bonds is 3. The van der Waals surface area contributed by atoms with Gasteiger partial charge in [0.2, 0.25) is 0 Å². The minimum Gasteiger partial charge on any atom is -0.380 e. The summed E-state index contributed by atoms with van der Waals surface area (Å²) in [4.78, 5) is 0. The van der Waals surface area contributed by atoms with Gasteiger partial charge in [-0.1, -0.05) is 28.8 Å². The van der Waals surface area contributed by atoms with Crippen molar-refractivity contribution >= 4 is 21.6 Å². The molecule has 1 aliphatic carbocycles. The third-order valence-corrected chi connectivity index (χ3v) is 5.20. The predicted octanol–water partition coefficient (Wildman–Crippen LogP) is 4.31. The predicted molar refractivity (Wildman–Crippen MR) is 84.5 cm³/mol. The fraction of sp³-hybridized carbons (Fsp3) is 0.625. The van der Waals surface area contributed by atoms with Crippen molar-refractivity contribution in [2.45, 2.75) is 50.6 Å². The van der Waals surface area contributed by atoms with Crippen LogP contribution in [0.3, 0.4) is 0 Å². The Hall–Kier alpha value is -0.610. The van der Waals surface area contributed by atoms with Crippen LogP contribution in [0.15, 0.2) is 22.7 Å². The maximum Gasteiger partial charge on any atom is 0.147 e. The zero-order valence-electron chi connectivity index (χ0n) is 11.7. The summed E-state index contributed by atoms with van der Waals surface area (Å²) in [6, 6.07) is 6.29. The zero-order chi connectivity index (χ0) is 13.9. The van der Waals surface area contributed by atoms with Gasteiger partial charge in [0, 0.05) is 16.6 Å². The van der Waals surface area contributed by atoms with Crippen LogP contribution in [0.2, 0.25) is 0 Å². The van der Waals surface area contributed by atoms with Gasteiger partial charge in [-0.05, 0) is 56.3 Å². The van der Waals surface area contributed by atoms with E-state index in [0.717, 1.165) is 17.4 Å². The van der Waals surface area contributed by atoms with Crippen molar-refractivity contribution in [3.63, 3.8) is 0 Å². The maximum atomic E-state index is 14.0. The van der Waals surface area contributed by atoms with Crippen LogP contribution in [-0.2, 0) is 0 Å². The van der Waals surface area contributed by atoms with E-state index < -0.39 is 0 Å². The normalized spacial score (nSPS) is 30.4. The monoisotopic (exact) mass is 340 g/mol. The quantitative estimate of drug-likeness (QED) is 0.856. The first-order valence-corrected chi connectivity index (χ1v) is 8.48. The summed E-state index contributed by atoms with van der Waals surface area (Å²) in [5, 5.41) is 7.09. The zero-order valence-corrected chi connectivity index (χ0v) is 13.3. The van der Waals surface area contributed by atoms with Gasteiger partial charge in [-0.15, -0.1) is 0 Å². The molecular weight excluding hydrogens is 319 g/mol. The molecule has 0 amide bonds. The van der Waals surface area contributed by atoms with Crippen molar-refractivity contribution in [1.82, 2.24) is 5.32 Å². The maximum absolute atomic E-state index is 14.0. The molecule has 2 nitrogen and oxygen atoms in total. The van der Waals surface area contributed by atoms with Crippen molar-refractivity contribution in [2.24, 2.45) is 5.92 Å². The first-order chi connectivity index (χ1) is 9.74. The van der Waals surface area contributed by atoms with Gasteiger partial charge in [0.15, 0.2) is 0 Å². The molecule has 4 heteroatoms. The largest absolute Gasteiger partial charge is 0.380 e. The number of anilines is 1. The Balaban J connectivity index is 1.72. The van der Waals surface area contributed by atoms with E-state index in [1.54, 1.807) is 0 Å². The highest BCUT2D eigenvalue weighted by molar-refractivity contribution is 9.10. The molecule has 2 N–H and O–H groups in total. The van der Waals surface area contributed by atoms with E-state index in [0.29, 0.717) is 23.7 Å². The van der Waals surface area contributed by atoms with Gasteiger partial charge in [-0.25, -0.2) is 4.39 Å². The average Bonchev–Trinajstić information content (AvgIpc) is 2.96. The average molecular weight is 341 g/mol. The number of hydrogen-bond acceptors (Lipinski definition) is 2. The molecule has 3 rings (SSSR count). The lowest BCUT2D eigenvalue weighted by atomic mass is 9.79. The first kappa shape index (κ1) is 14.3. The highest BCUT2D eigenvalue weighted by Crippen LogP contribution is 2.33. The van der Waals surface area contributed by atoms with Crippen molar-refractivity contribution in [2.75, 3.05) is 11.9 Å². The molecule has 1 saturated heterocycles. The van der Waals surface area contributed by atoms with E-state index in [-0.39, 0.29) is 5.82 Å². The van der Waals surface area contributed by atoms with Crippen molar-refractivity contribution in [1.29, 1.82) is 0 Å². The van der Waals surface area contributed by atoms with Crippen LogP contribution in [0, 0.1) is 11.7 Å². The molecule has 0 radical (unpaired) electrons. The Labute approximate surface area is 128 Å². The highest BCUT2D eigenvalue weighted by Gasteiger charge is 2.33. The van der Waals surface area contributed by atoms with Gasteiger partial charge in [0.1, 0.15) is 5.82 Å². The second-order valence-corrected chi connectivity index (χ2v) is 6.94. The standard InChI is InChI=1S/C16H22BrFN2/c17-11-7-8-16(13(18)10-11)20-15-5-2-1-4-12(15)14-6-3-9-19-14/h7-8,10,12,14-15,19-20H,1-6,9H2. The Bertz CT molecular complexity index is 460. The highest BCUT2D eigenvalue weighted by atomic mass is 79.9. The van der Waals surface area contributed by atoms with E-state index in [4.69, 9.17) is 0 Å². The molecular formula is C16H22BrFN2. The van der Waals surface area contributed by atoms with Gasteiger partial charge in [0.25, 0.3) is 0 Å². The SMILES string of the molecule is Fc1cc(Br)ccc1NC1CCCCC1C1CCCN1. The summed E-state index contributed by atoms with van der Waals surface area (Å²) in [5.74, 6) is 0.470. The van der Waals surface area contributed by atoms with Gasteiger partial charge in [-0.3, -0.25) is 0 Å². The molecule has 1 saturated carbocycles. The summed E-state index contributed by atoms with van der Waals surface area (Å²) in [5.41, 5.74) is 0.642. The second-order valence-electron chi connectivity index (χ2n) is 6.03. The first-order valence-electron chi connectivity index (χ1n) is 7.69. The van der Waals surface area contributed by atoms with Crippen LogP contribution in [-0.4, -0.2) is 18.6 Å². The fourth-order valence-corrected chi connectivity index (χ4v) is 4.04. The third-order valence-electron chi connectivity index (χ3n) is 4.71. The minimum atomic E-state index is -0.164. The van der Waals surface area contributed by atoms with Crippen LogP contribution in [0.1, 0.15) is 38.5 Å². The third kappa shape index (κ3) is 3.17. The van der Waals surface area contributed by atoms with E-state index in [1.807, 2.05) is 12.1 Å². The summed E-state index contributed by atoms with van der Waals surface area (Å²) in [7, 11) is 0. The number of hydrogen-bond donors (Lipinski definition) is 2. The van der Waals surface area contributed by atoms with Crippen LogP contribution in [0.25, 0.3) is 0 Å². The molecule has 0 bridgehead atoms. The molecule has 0 spiro atoms. The van der Waals surface area contributed by atoms with Crippen LogP contribution < -0.4 is 10.6 Å². The van der Waals surface area contributed by atoms with Crippen LogP contribution in [0.5, 0.6) is 0 Å². The molecule has 20 heavy (non-hydrogen) atoms. The Morgan fingerprint density at radius 1 is 1.15 bits per heavy atom. The lowest BCUT2D eigenvalue weighted by molar-refractivity contribution is 0.262. The molecule has 2 aliphatic rings. The molecule has 1 heterocycles. The van der Waals surface area contributed by atoms with E-state index in [2.05, 4.69) is 26.6 Å². The van der Waals surface area contributed by atoms with Crippen LogP contribution >= 0.6 is 15.9 Å². The fourth-order valence-electron chi connectivity index (χ4n) is 3.70. The Morgan fingerprint density at radius 3 is 2.75 bits per heavy atom. The van der Waals surface area contributed by atoms with Crippen molar-refractivity contribution in [3.05, 3.63) is 28.5 Å². The molecule has 3 unspecified atom stereocenters.